The van der Waals surface area contributed by atoms with Crippen molar-refractivity contribution in [2.45, 2.75) is 25.9 Å². The van der Waals surface area contributed by atoms with Crippen molar-refractivity contribution in [3.63, 3.8) is 0 Å². The van der Waals surface area contributed by atoms with Crippen LogP contribution in [-0.4, -0.2) is 15.1 Å². The van der Waals surface area contributed by atoms with Gasteiger partial charge >= 0.3 is 0 Å². The molecule has 0 aliphatic carbocycles. The van der Waals surface area contributed by atoms with Gasteiger partial charge in [-0.3, -0.25) is 0 Å². The summed E-state index contributed by atoms with van der Waals surface area (Å²) >= 11 is 1.70. The van der Waals surface area contributed by atoms with Crippen molar-refractivity contribution in [1.82, 2.24) is 9.97 Å². The monoisotopic (exact) mass is 284 g/mol. The van der Waals surface area contributed by atoms with Crippen molar-refractivity contribution >= 4 is 21.6 Å². The lowest BCUT2D eigenvalue weighted by molar-refractivity contribution is 0.177. The summed E-state index contributed by atoms with van der Waals surface area (Å²) in [5.74, 6) is 0. The number of fused-ring (bicyclic) bond motifs is 1. The van der Waals surface area contributed by atoms with E-state index >= 15 is 0 Å². The van der Waals surface area contributed by atoms with Gasteiger partial charge in [0, 0.05) is 16.7 Å². The van der Waals surface area contributed by atoms with Crippen LogP contribution in [0, 0.1) is 0 Å². The molecule has 20 heavy (non-hydrogen) atoms. The third kappa shape index (κ3) is 2.57. The van der Waals surface area contributed by atoms with Crippen LogP contribution >= 0.6 is 11.3 Å². The Kier molecular flexibility index (Phi) is 3.76. The smallest absolute Gasteiger partial charge is 0.127 e. The lowest BCUT2D eigenvalue weighted by Gasteiger charge is -2.10. The SMILES string of the molecule is CCc1cc2c(CC(O)c3ccccc3)ncnc2s1. The van der Waals surface area contributed by atoms with E-state index in [1.165, 1.54) is 4.88 Å². The molecule has 102 valence electrons. The summed E-state index contributed by atoms with van der Waals surface area (Å²) in [6.45, 7) is 2.14. The van der Waals surface area contributed by atoms with Crippen molar-refractivity contribution in [2.75, 3.05) is 0 Å². The molecule has 0 aliphatic rings. The molecule has 0 bridgehead atoms. The van der Waals surface area contributed by atoms with Gasteiger partial charge < -0.3 is 5.11 Å². The fourth-order valence-electron chi connectivity index (χ4n) is 2.27. The summed E-state index contributed by atoms with van der Waals surface area (Å²) in [5, 5.41) is 11.4. The molecule has 1 atom stereocenters. The minimum atomic E-state index is -0.528. The average Bonchev–Trinajstić information content (AvgIpc) is 2.92. The molecule has 3 rings (SSSR count). The van der Waals surface area contributed by atoms with Crippen LogP contribution in [0.1, 0.15) is 29.2 Å². The first-order valence-corrected chi connectivity index (χ1v) is 7.55. The number of nitrogens with zero attached hydrogens (tertiary/aromatic N) is 2. The van der Waals surface area contributed by atoms with Gasteiger partial charge in [-0.05, 0) is 18.1 Å². The number of aryl methyl sites for hydroxylation is 1. The molecule has 0 radical (unpaired) electrons. The third-order valence-corrected chi connectivity index (χ3v) is 4.57. The van der Waals surface area contributed by atoms with Crippen molar-refractivity contribution in [1.29, 1.82) is 0 Å². The maximum atomic E-state index is 10.3. The van der Waals surface area contributed by atoms with E-state index in [-0.39, 0.29) is 0 Å². The summed E-state index contributed by atoms with van der Waals surface area (Å²) in [7, 11) is 0. The summed E-state index contributed by atoms with van der Waals surface area (Å²) in [6, 6.07) is 11.8. The summed E-state index contributed by atoms with van der Waals surface area (Å²) in [6.07, 6.45) is 2.58. The van der Waals surface area contributed by atoms with Gasteiger partial charge in [0.2, 0.25) is 0 Å². The number of thiophene rings is 1. The molecule has 3 aromatic rings. The molecule has 4 heteroatoms. The number of benzene rings is 1. The minimum absolute atomic E-state index is 0.517. The highest BCUT2D eigenvalue weighted by molar-refractivity contribution is 7.18. The standard InChI is InChI=1S/C16H16N2OS/c1-2-12-8-13-14(17-10-18-16(13)20-12)9-15(19)11-6-4-3-5-7-11/h3-8,10,15,19H,2,9H2,1H3. The van der Waals surface area contributed by atoms with Gasteiger partial charge in [-0.15, -0.1) is 11.3 Å². The van der Waals surface area contributed by atoms with Crippen LogP contribution in [-0.2, 0) is 12.8 Å². The van der Waals surface area contributed by atoms with Crippen molar-refractivity contribution in [3.8, 4) is 0 Å². The van der Waals surface area contributed by atoms with E-state index in [4.69, 9.17) is 0 Å². The number of aromatic nitrogens is 2. The second-order valence-corrected chi connectivity index (χ2v) is 5.85. The highest BCUT2D eigenvalue weighted by atomic mass is 32.1. The predicted octanol–water partition coefficient (Wildman–Crippen LogP) is 3.53. The Morgan fingerprint density at radius 3 is 2.75 bits per heavy atom. The predicted molar refractivity (Wildman–Crippen MR) is 81.9 cm³/mol. The van der Waals surface area contributed by atoms with E-state index in [2.05, 4.69) is 23.0 Å². The second-order valence-electron chi connectivity index (χ2n) is 4.74. The topological polar surface area (TPSA) is 46.0 Å². The minimum Gasteiger partial charge on any atom is -0.388 e. The van der Waals surface area contributed by atoms with E-state index in [0.717, 1.165) is 27.9 Å². The average molecular weight is 284 g/mol. The molecule has 0 fully saturated rings. The normalized spacial score (nSPS) is 12.7. The Hall–Kier alpha value is -1.78. The van der Waals surface area contributed by atoms with Crippen LogP contribution in [0.4, 0.5) is 0 Å². The van der Waals surface area contributed by atoms with Crippen LogP contribution in [0.3, 0.4) is 0 Å². The van der Waals surface area contributed by atoms with Gasteiger partial charge in [0.15, 0.2) is 0 Å². The van der Waals surface area contributed by atoms with E-state index in [1.54, 1.807) is 17.7 Å². The molecule has 0 spiro atoms. The largest absolute Gasteiger partial charge is 0.388 e. The van der Waals surface area contributed by atoms with E-state index in [9.17, 15) is 5.11 Å². The number of rotatable bonds is 4. The van der Waals surface area contributed by atoms with Crippen molar-refractivity contribution in [2.24, 2.45) is 0 Å². The van der Waals surface area contributed by atoms with Gasteiger partial charge in [0.05, 0.1) is 11.8 Å². The number of hydrogen-bond donors (Lipinski definition) is 1. The van der Waals surface area contributed by atoms with E-state index in [1.807, 2.05) is 30.3 Å². The maximum absolute atomic E-state index is 10.3. The first kappa shape index (κ1) is 13.2. The molecule has 2 heterocycles. The zero-order valence-electron chi connectivity index (χ0n) is 11.3. The molecule has 0 aliphatic heterocycles. The van der Waals surface area contributed by atoms with Crippen LogP contribution in [0.5, 0.6) is 0 Å². The Balaban J connectivity index is 1.92. The van der Waals surface area contributed by atoms with E-state index < -0.39 is 6.10 Å². The van der Waals surface area contributed by atoms with E-state index in [0.29, 0.717) is 6.42 Å². The first-order chi connectivity index (χ1) is 9.78. The Bertz CT molecular complexity index is 709. The van der Waals surface area contributed by atoms with Gasteiger partial charge in [-0.25, -0.2) is 9.97 Å². The fraction of sp³-hybridized carbons (Fsp3) is 0.250. The zero-order valence-corrected chi connectivity index (χ0v) is 12.1. The molecular weight excluding hydrogens is 268 g/mol. The summed E-state index contributed by atoms with van der Waals surface area (Å²) in [5.41, 5.74) is 1.84. The van der Waals surface area contributed by atoms with Gasteiger partial charge in [0.25, 0.3) is 0 Å². The fourth-order valence-corrected chi connectivity index (χ4v) is 3.22. The number of aliphatic hydroxyl groups excluding tert-OH is 1. The first-order valence-electron chi connectivity index (χ1n) is 6.73. The molecule has 1 aromatic carbocycles. The quantitative estimate of drug-likeness (QED) is 0.797. The molecule has 1 N–H and O–H groups in total. The van der Waals surface area contributed by atoms with Crippen LogP contribution in [0.2, 0.25) is 0 Å². The molecule has 2 aromatic heterocycles. The molecule has 0 saturated heterocycles. The lowest BCUT2D eigenvalue weighted by Crippen LogP contribution is -2.03. The van der Waals surface area contributed by atoms with Crippen LogP contribution in [0.25, 0.3) is 10.2 Å². The number of aliphatic hydroxyl groups is 1. The summed E-state index contributed by atoms with van der Waals surface area (Å²) in [4.78, 5) is 11.0. The summed E-state index contributed by atoms with van der Waals surface area (Å²) < 4.78 is 0. The van der Waals surface area contributed by atoms with Crippen molar-refractivity contribution < 1.29 is 5.11 Å². The number of hydrogen-bond acceptors (Lipinski definition) is 4. The molecular formula is C16H16N2OS. The Morgan fingerprint density at radius 1 is 1.20 bits per heavy atom. The third-order valence-electron chi connectivity index (χ3n) is 3.38. The lowest BCUT2D eigenvalue weighted by atomic mass is 10.0. The zero-order chi connectivity index (χ0) is 13.9. The second kappa shape index (κ2) is 5.69. The Morgan fingerprint density at radius 2 is 2.00 bits per heavy atom. The highest BCUT2D eigenvalue weighted by Gasteiger charge is 2.13. The molecule has 1 unspecified atom stereocenters. The molecule has 0 saturated carbocycles. The molecule has 3 nitrogen and oxygen atoms in total. The van der Waals surface area contributed by atoms with Crippen LogP contribution in [0.15, 0.2) is 42.7 Å². The highest BCUT2D eigenvalue weighted by Crippen LogP contribution is 2.28. The van der Waals surface area contributed by atoms with Crippen LogP contribution < -0.4 is 0 Å². The van der Waals surface area contributed by atoms with Gasteiger partial charge in [0.1, 0.15) is 11.2 Å². The Labute approximate surface area is 122 Å². The van der Waals surface area contributed by atoms with Crippen molar-refractivity contribution in [3.05, 3.63) is 58.9 Å². The maximum Gasteiger partial charge on any atom is 0.127 e. The van der Waals surface area contributed by atoms with Gasteiger partial charge in [-0.1, -0.05) is 37.3 Å². The molecule has 0 amide bonds. The van der Waals surface area contributed by atoms with Gasteiger partial charge in [-0.2, -0.15) is 0 Å².